The van der Waals surface area contributed by atoms with E-state index in [4.69, 9.17) is 14.2 Å². The maximum atomic E-state index is 13.2. The van der Waals surface area contributed by atoms with Gasteiger partial charge in [-0.2, -0.15) is 0 Å². The van der Waals surface area contributed by atoms with Crippen LogP contribution in [0.1, 0.15) is 42.5 Å². The van der Waals surface area contributed by atoms with Crippen molar-refractivity contribution in [2.75, 3.05) is 21.3 Å². The molecule has 152 valence electrons. The molecule has 0 spiro atoms. The SMILES string of the molecule is COc1ccc(OC)c(C(C)NS(=O)(=O)c2cc3c(cc2OC)CCCC3)c1. The number of benzene rings is 2. The number of methoxy groups -OCH3 is 3. The van der Waals surface area contributed by atoms with E-state index >= 15 is 0 Å². The average molecular weight is 406 g/mol. The molecule has 0 aliphatic heterocycles. The number of ether oxygens (including phenoxy) is 3. The fraction of sp³-hybridized carbons (Fsp3) is 0.429. The molecule has 1 aliphatic carbocycles. The third-order valence-electron chi connectivity index (χ3n) is 5.15. The summed E-state index contributed by atoms with van der Waals surface area (Å²) in [7, 11) is 0.821. The van der Waals surface area contributed by atoms with Crippen LogP contribution in [-0.4, -0.2) is 29.7 Å². The predicted octanol–water partition coefficient (Wildman–Crippen LogP) is 3.63. The molecule has 28 heavy (non-hydrogen) atoms. The molecule has 1 N–H and O–H groups in total. The highest BCUT2D eigenvalue weighted by Gasteiger charge is 2.26. The Kier molecular flexibility index (Phi) is 6.15. The molecule has 0 heterocycles. The molecule has 1 aliphatic rings. The first kappa shape index (κ1) is 20.5. The Balaban J connectivity index is 1.96. The third-order valence-corrected chi connectivity index (χ3v) is 6.71. The van der Waals surface area contributed by atoms with Crippen LogP contribution < -0.4 is 18.9 Å². The van der Waals surface area contributed by atoms with Crippen LogP contribution in [0.3, 0.4) is 0 Å². The van der Waals surface area contributed by atoms with Crippen LogP contribution in [-0.2, 0) is 22.9 Å². The molecule has 2 aromatic rings. The zero-order valence-electron chi connectivity index (χ0n) is 16.7. The number of hydrogen-bond acceptors (Lipinski definition) is 5. The second kappa shape index (κ2) is 8.41. The smallest absolute Gasteiger partial charge is 0.244 e. The molecule has 3 rings (SSSR count). The first-order valence-electron chi connectivity index (χ1n) is 9.33. The third kappa shape index (κ3) is 4.10. The Morgan fingerprint density at radius 2 is 1.54 bits per heavy atom. The second-order valence-corrected chi connectivity index (χ2v) is 8.61. The van der Waals surface area contributed by atoms with Crippen LogP contribution in [0.15, 0.2) is 35.2 Å². The molecular formula is C21H27NO5S. The van der Waals surface area contributed by atoms with E-state index in [1.165, 1.54) is 12.7 Å². The largest absolute Gasteiger partial charge is 0.497 e. The minimum Gasteiger partial charge on any atom is -0.497 e. The summed E-state index contributed by atoms with van der Waals surface area (Å²) in [4.78, 5) is 0.171. The van der Waals surface area contributed by atoms with Gasteiger partial charge in [-0.1, -0.05) is 0 Å². The van der Waals surface area contributed by atoms with Gasteiger partial charge >= 0.3 is 0 Å². The first-order valence-corrected chi connectivity index (χ1v) is 10.8. The van der Waals surface area contributed by atoms with Crippen molar-refractivity contribution < 1.29 is 22.6 Å². The molecule has 0 bridgehead atoms. The quantitative estimate of drug-likeness (QED) is 0.761. The number of aryl methyl sites for hydroxylation is 2. The second-order valence-electron chi connectivity index (χ2n) is 6.93. The van der Waals surface area contributed by atoms with Gasteiger partial charge in [0.05, 0.1) is 21.3 Å². The van der Waals surface area contributed by atoms with E-state index in [-0.39, 0.29) is 4.90 Å². The van der Waals surface area contributed by atoms with Crippen molar-refractivity contribution in [3.8, 4) is 17.2 Å². The van der Waals surface area contributed by atoms with E-state index < -0.39 is 16.1 Å². The summed E-state index contributed by atoms with van der Waals surface area (Å²) in [6, 6.07) is 8.41. The van der Waals surface area contributed by atoms with Gasteiger partial charge in [-0.25, -0.2) is 13.1 Å². The molecule has 0 saturated heterocycles. The Labute approximate surface area is 166 Å². The van der Waals surface area contributed by atoms with Gasteiger partial charge in [0.15, 0.2) is 0 Å². The Morgan fingerprint density at radius 1 is 0.893 bits per heavy atom. The Morgan fingerprint density at radius 3 is 2.14 bits per heavy atom. The summed E-state index contributed by atoms with van der Waals surface area (Å²) in [6.45, 7) is 1.78. The molecule has 0 amide bonds. The van der Waals surface area contributed by atoms with Crippen molar-refractivity contribution in [3.63, 3.8) is 0 Å². The monoisotopic (exact) mass is 405 g/mol. The number of sulfonamides is 1. The Hall–Kier alpha value is -2.25. The summed E-state index contributed by atoms with van der Waals surface area (Å²) in [5.74, 6) is 1.60. The zero-order chi connectivity index (χ0) is 20.3. The van der Waals surface area contributed by atoms with Gasteiger partial charge in [-0.3, -0.25) is 0 Å². The van der Waals surface area contributed by atoms with Crippen LogP contribution in [0.25, 0.3) is 0 Å². The van der Waals surface area contributed by atoms with Gasteiger partial charge in [0, 0.05) is 11.6 Å². The van der Waals surface area contributed by atoms with Gasteiger partial charge in [0.25, 0.3) is 0 Å². The van der Waals surface area contributed by atoms with Crippen LogP contribution in [0.2, 0.25) is 0 Å². The summed E-state index contributed by atoms with van der Waals surface area (Å²) in [5, 5.41) is 0. The van der Waals surface area contributed by atoms with E-state index in [2.05, 4.69) is 4.72 Å². The van der Waals surface area contributed by atoms with Gasteiger partial charge in [0.1, 0.15) is 22.1 Å². The normalized spacial score (nSPS) is 14.9. The lowest BCUT2D eigenvalue weighted by molar-refractivity contribution is 0.394. The lowest BCUT2D eigenvalue weighted by Crippen LogP contribution is -2.28. The van der Waals surface area contributed by atoms with Crippen molar-refractivity contribution >= 4 is 10.0 Å². The molecule has 1 atom stereocenters. The van der Waals surface area contributed by atoms with Crippen LogP contribution >= 0.6 is 0 Å². The lowest BCUT2D eigenvalue weighted by Gasteiger charge is -2.22. The van der Waals surface area contributed by atoms with Crippen molar-refractivity contribution in [2.24, 2.45) is 0 Å². The van der Waals surface area contributed by atoms with Crippen molar-refractivity contribution in [2.45, 2.75) is 43.5 Å². The molecule has 1 unspecified atom stereocenters. The standard InChI is InChI=1S/C21H27NO5S/c1-14(18-13-17(25-2)9-10-19(18)26-3)22-28(23,24)21-12-16-8-6-5-7-15(16)11-20(21)27-4/h9-14,22H,5-8H2,1-4H3. The van der Waals surface area contributed by atoms with Crippen molar-refractivity contribution in [1.82, 2.24) is 4.72 Å². The fourth-order valence-electron chi connectivity index (χ4n) is 3.65. The summed E-state index contributed by atoms with van der Waals surface area (Å²) in [6.07, 6.45) is 4.04. The fourth-order valence-corrected chi connectivity index (χ4v) is 5.07. The van der Waals surface area contributed by atoms with Gasteiger partial charge in [-0.05, 0) is 74.1 Å². The first-order chi connectivity index (χ1) is 13.4. The van der Waals surface area contributed by atoms with E-state index in [1.54, 1.807) is 45.4 Å². The molecule has 0 saturated carbocycles. The highest BCUT2D eigenvalue weighted by molar-refractivity contribution is 7.89. The maximum absolute atomic E-state index is 13.2. The molecule has 0 aromatic heterocycles. The predicted molar refractivity (Wildman–Crippen MR) is 108 cm³/mol. The minimum atomic E-state index is -3.80. The van der Waals surface area contributed by atoms with E-state index in [1.807, 2.05) is 6.07 Å². The van der Waals surface area contributed by atoms with E-state index in [9.17, 15) is 8.42 Å². The van der Waals surface area contributed by atoms with Gasteiger partial charge < -0.3 is 14.2 Å². The lowest BCUT2D eigenvalue weighted by atomic mass is 9.92. The van der Waals surface area contributed by atoms with E-state index in [0.717, 1.165) is 31.2 Å². The minimum absolute atomic E-state index is 0.171. The zero-order valence-corrected chi connectivity index (χ0v) is 17.6. The van der Waals surface area contributed by atoms with Crippen molar-refractivity contribution in [1.29, 1.82) is 0 Å². The van der Waals surface area contributed by atoms with E-state index in [0.29, 0.717) is 22.8 Å². The topological polar surface area (TPSA) is 73.9 Å². The number of nitrogens with one attached hydrogen (secondary N) is 1. The molecule has 0 radical (unpaired) electrons. The summed E-state index contributed by atoms with van der Waals surface area (Å²) < 4.78 is 45.2. The van der Waals surface area contributed by atoms with Crippen LogP contribution in [0, 0.1) is 0 Å². The average Bonchev–Trinajstić information content (AvgIpc) is 2.71. The summed E-state index contributed by atoms with van der Waals surface area (Å²) >= 11 is 0. The molecule has 0 fully saturated rings. The van der Waals surface area contributed by atoms with Gasteiger partial charge in [-0.15, -0.1) is 0 Å². The summed E-state index contributed by atoms with van der Waals surface area (Å²) in [5.41, 5.74) is 2.95. The molecule has 7 heteroatoms. The molecule has 2 aromatic carbocycles. The van der Waals surface area contributed by atoms with Crippen LogP contribution in [0.4, 0.5) is 0 Å². The van der Waals surface area contributed by atoms with Crippen LogP contribution in [0.5, 0.6) is 17.2 Å². The number of fused-ring (bicyclic) bond motifs is 1. The highest BCUT2D eigenvalue weighted by atomic mass is 32.2. The van der Waals surface area contributed by atoms with Gasteiger partial charge in [0.2, 0.25) is 10.0 Å². The number of hydrogen-bond donors (Lipinski definition) is 1. The molecular weight excluding hydrogens is 378 g/mol. The maximum Gasteiger partial charge on any atom is 0.244 e. The molecule has 6 nitrogen and oxygen atoms in total. The Bertz CT molecular complexity index is 956. The number of rotatable bonds is 7. The highest BCUT2D eigenvalue weighted by Crippen LogP contribution is 2.34. The van der Waals surface area contributed by atoms with Crippen molar-refractivity contribution in [3.05, 3.63) is 47.0 Å².